The van der Waals surface area contributed by atoms with Crippen molar-refractivity contribution in [3.8, 4) is 5.75 Å². The number of benzene rings is 3. The Labute approximate surface area is 188 Å². The van der Waals surface area contributed by atoms with Gasteiger partial charge in [-0.25, -0.2) is 4.79 Å². The summed E-state index contributed by atoms with van der Waals surface area (Å²) in [6.07, 6.45) is -2.94. The summed E-state index contributed by atoms with van der Waals surface area (Å²) in [5.74, 6) is -0.926. The number of halogens is 3. The molecule has 0 bridgehead atoms. The summed E-state index contributed by atoms with van der Waals surface area (Å²) in [4.78, 5) is 25.0. The zero-order valence-corrected chi connectivity index (χ0v) is 17.6. The molecular formula is C25H20F3NO4. The Morgan fingerprint density at radius 1 is 0.939 bits per heavy atom. The normalized spacial score (nSPS) is 11.6. The molecule has 0 unspecified atom stereocenters. The molecular weight excluding hydrogens is 435 g/mol. The van der Waals surface area contributed by atoms with Gasteiger partial charge >= 0.3 is 12.1 Å². The smallest absolute Gasteiger partial charge is 0.416 e. The number of methoxy groups -OCH3 is 1. The molecule has 0 aromatic heterocycles. The first kappa shape index (κ1) is 23.6. The van der Waals surface area contributed by atoms with Crippen molar-refractivity contribution in [2.45, 2.75) is 6.18 Å². The van der Waals surface area contributed by atoms with Crippen LogP contribution in [0.5, 0.6) is 5.75 Å². The summed E-state index contributed by atoms with van der Waals surface area (Å²) in [5, 5.41) is 2.30. The van der Waals surface area contributed by atoms with E-state index in [4.69, 9.17) is 9.47 Å². The van der Waals surface area contributed by atoms with Crippen LogP contribution in [0.15, 0.2) is 78.9 Å². The SMILES string of the molecule is COc1cccc(/C=C(/C(=O)OCC(=O)Nc2cccc(C(F)(F)F)c2)c2ccccc2)c1. The van der Waals surface area contributed by atoms with Crippen LogP contribution in [0.3, 0.4) is 0 Å². The number of carbonyl (C=O) groups excluding carboxylic acids is 2. The van der Waals surface area contributed by atoms with Gasteiger partial charge in [0.05, 0.1) is 18.2 Å². The Kier molecular flexibility index (Phi) is 7.50. The van der Waals surface area contributed by atoms with Crippen molar-refractivity contribution in [3.63, 3.8) is 0 Å². The van der Waals surface area contributed by atoms with Crippen molar-refractivity contribution in [2.75, 3.05) is 19.0 Å². The minimum Gasteiger partial charge on any atom is -0.497 e. The molecule has 1 amide bonds. The second kappa shape index (κ2) is 10.5. The highest BCUT2D eigenvalue weighted by Crippen LogP contribution is 2.30. The quantitative estimate of drug-likeness (QED) is 0.293. The van der Waals surface area contributed by atoms with Gasteiger partial charge in [-0.3, -0.25) is 4.79 Å². The van der Waals surface area contributed by atoms with Gasteiger partial charge in [0.25, 0.3) is 5.91 Å². The van der Waals surface area contributed by atoms with Gasteiger partial charge in [-0.05, 0) is 47.5 Å². The summed E-state index contributed by atoms with van der Waals surface area (Å²) in [5.41, 5.74) is 0.504. The van der Waals surface area contributed by atoms with Gasteiger partial charge < -0.3 is 14.8 Å². The maximum Gasteiger partial charge on any atom is 0.416 e. The molecule has 170 valence electrons. The highest BCUT2D eigenvalue weighted by atomic mass is 19.4. The third-order valence-electron chi connectivity index (χ3n) is 4.52. The number of esters is 1. The lowest BCUT2D eigenvalue weighted by molar-refractivity contribution is -0.141. The lowest BCUT2D eigenvalue weighted by atomic mass is 10.0. The molecule has 8 heteroatoms. The van der Waals surface area contributed by atoms with Crippen LogP contribution in [0.1, 0.15) is 16.7 Å². The minimum atomic E-state index is -4.54. The van der Waals surface area contributed by atoms with E-state index in [9.17, 15) is 22.8 Å². The summed E-state index contributed by atoms with van der Waals surface area (Å²) in [6, 6.07) is 20.0. The molecule has 1 N–H and O–H groups in total. The van der Waals surface area contributed by atoms with Gasteiger partial charge in [-0.15, -0.1) is 0 Å². The highest BCUT2D eigenvalue weighted by molar-refractivity contribution is 6.22. The van der Waals surface area contributed by atoms with E-state index < -0.39 is 30.2 Å². The van der Waals surface area contributed by atoms with E-state index in [1.807, 2.05) is 0 Å². The van der Waals surface area contributed by atoms with Crippen LogP contribution in [0.4, 0.5) is 18.9 Å². The molecule has 3 aromatic rings. The number of ether oxygens (including phenoxy) is 2. The lowest BCUT2D eigenvalue weighted by Gasteiger charge is -2.11. The number of hydrogen-bond acceptors (Lipinski definition) is 4. The van der Waals surface area contributed by atoms with Crippen molar-refractivity contribution in [3.05, 3.63) is 95.6 Å². The fourth-order valence-electron chi connectivity index (χ4n) is 2.95. The van der Waals surface area contributed by atoms with Gasteiger partial charge in [0.15, 0.2) is 6.61 Å². The second-order valence-electron chi connectivity index (χ2n) is 6.90. The average Bonchev–Trinajstić information content (AvgIpc) is 2.81. The molecule has 0 aliphatic heterocycles. The van der Waals surface area contributed by atoms with E-state index in [1.54, 1.807) is 60.7 Å². The van der Waals surface area contributed by atoms with Crippen molar-refractivity contribution >= 4 is 29.2 Å². The van der Waals surface area contributed by atoms with Crippen LogP contribution in [-0.4, -0.2) is 25.6 Å². The van der Waals surface area contributed by atoms with E-state index in [1.165, 1.54) is 19.2 Å². The molecule has 33 heavy (non-hydrogen) atoms. The summed E-state index contributed by atoms with van der Waals surface area (Å²) < 4.78 is 48.9. The molecule has 5 nitrogen and oxygen atoms in total. The fraction of sp³-hybridized carbons (Fsp3) is 0.120. The largest absolute Gasteiger partial charge is 0.497 e. The molecule has 3 aromatic carbocycles. The first-order chi connectivity index (χ1) is 15.8. The number of anilines is 1. The van der Waals surface area contributed by atoms with Crippen LogP contribution >= 0.6 is 0 Å². The zero-order valence-electron chi connectivity index (χ0n) is 17.6. The fourth-order valence-corrected chi connectivity index (χ4v) is 2.95. The molecule has 0 aliphatic carbocycles. The number of hydrogen-bond donors (Lipinski definition) is 1. The van der Waals surface area contributed by atoms with Gasteiger partial charge in [-0.1, -0.05) is 48.5 Å². The number of carbonyl (C=O) groups is 2. The second-order valence-corrected chi connectivity index (χ2v) is 6.90. The molecule has 0 atom stereocenters. The molecule has 0 heterocycles. The van der Waals surface area contributed by atoms with E-state index in [0.29, 0.717) is 16.9 Å². The first-order valence-corrected chi connectivity index (χ1v) is 9.81. The van der Waals surface area contributed by atoms with E-state index in [-0.39, 0.29) is 11.3 Å². The van der Waals surface area contributed by atoms with Crippen molar-refractivity contribution in [1.82, 2.24) is 0 Å². The van der Waals surface area contributed by atoms with Crippen LogP contribution in [0.25, 0.3) is 11.6 Å². The van der Waals surface area contributed by atoms with Crippen LogP contribution in [0, 0.1) is 0 Å². The summed E-state index contributed by atoms with van der Waals surface area (Å²) in [6.45, 7) is -0.669. The number of alkyl halides is 3. The number of nitrogens with one attached hydrogen (secondary N) is 1. The highest BCUT2D eigenvalue weighted by Gasteiger charge is 2.30. The Balaban J connectivity index is 1.74. The predicted molar refractivity (Wildman–Crippen MR) is 118 cm³/mol. The monoisotopic (exact) mass is 455 g/mol. The molecule has 0 fully saturated rings. The molecule has 3 rings (SSSR count). The molecule has 0 saturated heterocycles. The van der Waals surface area contributed by atoms with E-state index in [2.05, 4.69) is 5.32 Å². The van der Waals surface area contributed by atoms with E-state index in [0.717, 1.165) is 12.1 Å². The summed E-state index contributed by atoms with van der Waals surface area (Å²) in [7, 11) is 1.53. The summed E-state index contributed by atoms with van der Waals surface area (Å²) >= 11 is 0. The van der Waals surface area contributed by atoms with Gasteiger partial charge in [0.1, 0.15) is 5.75 Å². The standard InChI is InChI=1S/C25H20F3NO4/c1-32-21-12-5-7-17(13-21)14-22(18-8-3-2-4-9-18)24(31)33-16-23(30)29-20-11-6-10-19(15-20)25(26,27)28/h2-15H,16H2,1H3,(H,29,30)/b22-14+. The Morgan fingerprint density at radius 2 is 1.67 bits per heavy atom. The molecule has 0 saturated carbocycles. The maximum atomic E-state index is 12.8. The lowest BCUT2D eigenvalue weighted by Crippen LogP contribution is -2.21. The Bertz CT molecular complexity index is 1160. The average molecular weight is 455 g/mol. The van der Waals surface area contributed by atoms with E-state index >= 15 is 0 Å². The van der Waals surface area contributed by atoms with Gasteiger partial charge in [-0.2, -0.15) is 13.2 Å². The minimum absolute atomic E-state index is 0.0546. The topological polar surface area (TPSA) is 64.6 Å². The van der Waals surface area contributed by atoms with Crippen molar-refractivity contribution < 1.29 is 32.2 Å². The third-order valence-corrected chi connectivity index (χ3v) is 4.52. The van der Waals surface area contributed by atoms with Gasteiger partial charge in [0, 0.05) is 5.69 Å². The number of rotatable bonds is 7. The van der Waals surface area contributed by atoms with Gasteiger partial charge in [0.2, 0.25) is 0 Å². The van der Waals surface area contributed by atoms with Crippen molar-refractivity contribution in [1.29, 1.82) is 0 Å². The molecule has 0 spiro atoms. The molecule has 0 aliphatic rings. The maximum absolute atomic E-state index is 12.8. The van der Waals surface area contributed by atoms with Crippen LogP contribution < -0.4 is 10.1 Å². The Morgan fingerprint density at radius 3 is 2.36 bits per heavy atom. The number of amides is 1. The van der Waals surface area contributed by atoms with Crippen LogP contribution in [-0.2, 0) is 20.5 Å². The molecule has 0 radical (unpaired) electrons. The van der Waals surface area contributed by atoms with Crippen molar-refractivity contribution in [2.24, 2.45) is 0 Å². The zero-order chi connectivity index (χ0) is 23.8. The third kappa shape index (κ3) is 6.70. The predicted octanol–water partition coefficient (Wildman–Crippen LogP) is 5.44. The first-order valence-electron chi connectivity index (χ1n) is 9.81. The Hall–Kier alpha value is -4.07. The van der Waals surface area contributed by atoms with Crippen LogP contribution in [0.2, 0.25) is 0 Å².